The molecular formula is C23H17ClN4O2S. The van der Waals surface area contributed by atoms with Crippen LogP contribution in [0.2, 0.25) is 5.02 Å². The Balaban J connectivity index is 1.75. The van der Waals surface area contributed by atoms with Crippen LogP contribution in [0, 0.1) is 6.92 Å². The maximum absolute atomic E-state index is 11.6. The molecule has 0 aliphatic rings. The molecule has 0 radical (unpaired) electrons. The highest BCUT2D eigenvalue weighted by Gasteiger charge is 2.20. The number of rotatable bonds is 4. The predicted octanol–water partition coefficient (Wildman–Crippen LogP) is 5.50. The van der Waals surface area contributed by atoms with E-state index in [2.05, 4.69) is 10.1 Å². The molecule has 3 heterocycles. The Morgan fingerprint density at radius 2 is 1.90 bits per heavy atom. The summed E-state index contributed by atoms with van der Waals surface area (Å²) in [5, 5.41) is 15.4. The number of fused-ring (bicyclic) bond motifs is 2. The number of hydrogen-bond acceptors (Lipinski definition) is 5. The van der Waals surface area contributed by atoms with E-state index in [0.717, 1.165) is 54.1 Å². The summed E-state index contributed by atoms with van der Waals surface area (Å²) in [6, 6.07) is 11.4. The highest BCUT2D eigenvalue weighted by Crippen LogP contribution is 2.41. The molecule has 6 nitrogen and oxygen atoms in total. The molecule has 8 heteroatoms. The third-order valence-corrected chi connectivity index (χ3v) is 6.58. The minimum Gasteiger partial charge on any atom is -0.481 e. The summed E-state index contributed by atoms with van der Waals surface area (Å²) < 4.78 is 2.68. The molecule has 0 saturated heterocycles. The molecule has 5 aromatic rings. The zero-order valence-electron chi connectivity index (χ0n) is 16.8. The molecule has 0 saturated carbocycles. The molecule has 0 unspecified atom stereocenters. The lowest BCUT2D eigenvalue weighted by molar-refractivity contribution is -0.136. The molecule has 0 spiro atoms. The van der Waals surface area contributed by atoms with Crippen molar-refractivity contribution in [1.82, 2.24) is 19.7 Å². The number of carboxylic acid groups (broad SMARTS) is 1. The van der Waals surface area contributed by atoms with Crippen LogP contribution in [0.1, 0.15) is 11.1 Å². The van der Waals surface area contributed by atoms with Gasteiger partial charge < -0.3 is 5.11 Å². The van der Waals surface area contributed by atoms with Crippen molar-refractivity contribution in [3.8, 4) is 21.7 Å². The second-order valence-corrected chi connectivity index (χ2v) is 8.86. The van der Waals surface area contributed by atoms with Crippen molar-refractivity contribution in [3.05, 3.63) is 64.9 Å². The molecule has 2 aromatic carbocycles. The minimum absolute atomic E-state index is 0.0611. The monoisotopic (exact) mass is 448 g/mol. The number of aryl methyl sites for hydroxylation is 2. The first-order valence-electron chi connectivity index (χ1n) is 9.59. The Labute approximate surface area is 186 Å². The SMILES string of the molecule is Cc1cc2nc(-c3cnc4cn(C)nc4c3)sc2c(-c2ccc(Cl)cc2)c1CC(=O)O. The average Bonchev–Trinajstić information content (AvgIpc) is 3.30. The van der Waals surface area contributed by atoms with E-state index in [9.17, 15) is 9.90 Å². The average molecular weight is 449 g/mol. The van der Waals surface area contributed by atoms with Crippen LogP contribution >= 0.6 is 22.9 Å². The van der Waals surface area contributed by atoms with Crippen molar-refractivity contribution in [3.63, 3.8) is 0 Å². The standard InChI is InChI=1S/C23H17ClN4O2S/c1-12-7-18-22(21(16(12)9-20(29)30)13-3-5-15(24)6-4-13)31-23(26-18)14-8-17-19(25-10-14)11-28(2)27-17/h3-8,10-11H,9H2,1-2H3,(H,29,30). The third-order valence-electron chi connectivity index (χ3n) is 5.19. The highest BCUT2D eigenvalue weighted by molar-refractivity contribution is 7.22. The van der Waals surface area contributed by atoms with Gasteiger partial charge in [-0.2, -0.15) is 5.10 Å². The van der Waals surface area contributed by atoms with E-state index in [-0.39, 0.29) is 6.42 Å². The molecule has 5 rings (SSSR count). The molecular weight excluding hydrogens is 432 g/mol. The molecule has 0 fully saturated rings. The maximum atomic E-state index is 11.6. The molecule has 1 N–H and O–H groups in total. The van der Waals surface area contributed by atoms with Crippen molar-refractivity contribution >= 4 is 50.2 Å². The summed E-state index contributed by atoms with van der Waals surface area (Å²) in [6.45, 7) is 1.93. The summed E-state index contributed by atoms with van der Waals surface area (Å²) in [6.07, 6.45) is 3.61. The van der Waals surface area contributed by atoms with Gasteiger partial charge in [0.15, 0.2) is 0 Å². The first-order chi connectivity index (χ1) is 14.9. The largest absolute Gasteiger partial charge is 0.481 e. The fourth-order valence-electron chi connectivity index (χ4n) is 3.80. The molecule has 0 atom stereocenters. The van der Waals surface area contributed by atoms with E-state index in [0.29, 0.717) is 5.02 Å². The Morgan fingerprint density at radius 3 is 2.65 bits per heavy atom. The lowest BCUT2D eigenvalue weighted by Crippen LogP contribution is -2.04. The van der Waals surface area contributed by atoms with Gasteiger partial charge in [0.05, 0.1) is 22.8 Å². The number of halogens is 1. The molecule has 0 bridgehead atoms. The summed E-state index contributed by atoms with van der Waals surface area (Å²) in [4.78, 5) is 21.0. The van der Waals surface area contributed by atoms with Crippen LogP contribution in [0.25, 0.3) is 42.9 Å². The van der Waals surface area contributed by atoms with E-state index in [4.69, 9.17) is 16.6 Å². The zero-order chi connectivity index (χ0) is 21.7. The molecule has 31 heavy (non-hydrogen) atoms. The van der Waals surface area contributed by atoms with E-state index >= 15 is 0 Å². The van der Waals surface area contributed by atoms with Gasteiger partial charge in [-0.1, -0.05) is 23.7 Å². The van der Waals surface area contributed by atoms with Crippen LogP contribution < -0.4 is 0 Å². The van der Waals surface area contributed by atoms with Gasteiger partial charge in [-0.05, 0) is 47.9 Å². The number of carboxylic acids is 1. The zero-order valence-corrected chi connectivity index (χ0v) is 18.3. The van der Waals surface area contributed by atoms with Gasteiger partial charge in [0.2, 0.25) is 0 Å². The van der Waals surface area contributed by atoms with E-state index in [1.54, 1.807) is 10.9 Å². The quantitative estimate of drug-likeness (QED) is 0.392. The van der Waals surface area contributed by atoms with Gasteiger partial charge in [-0.25, -0.2) is 4.98 Å². The lowest BCUT2D eigenvalue weighted by atomic mass is 9.93. The molecule has 0 aliphatic heterocycles. The Bertz CT molecular complexity index is 1470. The second kappa shape index (κ2) is 7.44. The Hall–Kier alpha value is -3.29. The van der Waals surface area contributed by atoms with Gasteiger partial charge in [0.1, 0.15) is 16.0 Å². The molecule has 3 aromatic heterocycles. The maximum Gasteiger partial charge on any atom is 0.307 e. The van der Waals surface area contributed by atoms with Crippen molar-refractivity contribution in [2.75, 3.05) is 0 Å². The number of pyridine rings is 1. The number of carbonyl (C=O) groups is 1. The van der Waals surface area contributed by atoms with Gasteiger partial charge in [-0.15, -0.1) is 11.3 Å². The number of hydrogen-bond donors (Lipinski definition) is 1. The topological polar surface area (TPSA) is 80.9 Å². The molecule has 0 amide bonds. The number of benzene rings is 2. The fourth-order valence-corrected chi connectivity index (χ4v) is 5.04. The number of aliphatic carboxylic acids is 1. The van der Waals surface area contributed by atoms with Gasteiger partial charge in [-0.3, -0.25) is 14.5 Å². The summed E-state index contributed by atoms with van der Waals surface area (Å²) in [5.41, 5.74) is 6.84. The Kier molecular flexibility index (Phi) is 4.72. The van der Waals surface area contributed by atoms with Crippen LogP contribution in [0.3, 0.4) is 0 Å². The molecule has 154 valence electrons. The minimum atomic E-state index is -0.868. The lowest BCUT2D eigenvalue weighted by Gasteiger charge is -2.13. The normalized spacial score (nSPS) is 11.5. The summed E-state index contributed by atoms with van der Waals surface area (Å²) >= 11 is 7.62. The number of thiazole rings is 1. The van der Waals surface area contributed by atoms with Crippen LogP contribution in [0.4, 0.5) is 0 Å². The van der Waals surface area contributed by atoms with Gasteiger partial charge >= 0.3 is 5.97 Å². The van der Waals surface area contributed by atoms with Crippen LogP contribution in [-0.2, 0) is 18.3 Å². The molecule has 0 aliphatic carbocycles. The first kappa shape index (κ1) is 19.7. The highest BCUT2D eigenvalue weighted by atomic mass is 35.5. The number of aromatic nitrogens is 4. The van der Waals surface area contributed by atoms with Gasteiger partial charge in [0, 0.05) is 29.4 Å². The summed E-state index contributed by atoms with van der Waals surface area (Å²) in [7, 11) is 1.87. The number of nitrogens with zero attached hydrogens (tertiary/aromatic N) is 4. The van der Waals surface area contributed by atoms with Crippen molar-refractivity contribution in [2.45, 2.75) is 13.3 Å². The fraction of sp³-hybridized carbons (Fsp3) is 0.130. The summed E-state index contributed by atoms with van der Waals surface area (Å²) in [5.74, 6) is -0.868. The van der Waals surface area contributed by atoms with Crippen LogP contribution in [0.5, 0.6) is 0 Å². The van der Waals surface area contributed by atoms with Crippen LogP contribution in [-0.4, -0.2) is 30.8 Å². The predicted molar refractivity (Wildman–Crippen MR) is 124 cm³/mol. The smallest absolute Gasteiger partial charge is 0.307 e. The van der Waals surface area contributed by atoms with Crippen LogP contribution in [0.15, 0.2) is 48.8 Å². The first-order valence-corrected chi connectivity index (χ1v) is 10.8. The van der Waals surface area contributed by atoms with E-state index in [1.807, 2.05) is 56.6 Å². The van der Waals surface area contributed by atoms with Gasteiger partial charge in [0.25, 0.3) is 0 Å². The third kappa shape index (κ3) is 3.56. The van der Waals surface area contributed by atoms with Crippen molar-refractivity contribution < 1.29 is 9.90 Å². The second-order valence-electron chi connectivity index (χ2n) is 7.42. The van der Waals surface area contributed by atoms with E-state index in [1.165, 1.54) is 11.3 Å². The Morgan fingerprint density at radius 1 is 1.13 bits per heavy atom. The van der Waals surface area contributed by atoms with E-state index < -0.39 is 5.97 Å². The van der Waals surface area contributed by atoms with Crippen molar-refractivity contribution in [2.24, 2.45) is 7.05 Å². The van der Waals surface area contributed by atoms with Crippen molar-refractivity contribution in [1.29, 1.82) is 0 Å².